The molecule has 0 saturated heterocycles. The van der Waals surface area contributed by atoms with E-state index in [1.54, 1.807) is 6.07 Å². The van der Waals surface area contributed by atoms with Crippen molar-refractivity contribution in [3.8, 4) is 5.88 Å². The molecule has 0 unspecified atom stereocenters. The summed E-state index contributed by atoms with van der Waals surface area (Å²) in [6.07, 6.45) is 8.07. The minimum Gasteiger partial charge on any atom is -0.474 e. The van der Waals surface area contributed by atoms with Crippen LogP contribution in [0.2, 0.25) is 5.02 Å². The number of pyridine rings is 1. The van der Waals surface area contributed by atoms with Gasteiger partial charge in [-0.2, -0.15) is 0 Å². The summed E-state index contributed by atoms with van der Waals surface area (Å²) in [5.74, 6) is 0.180. The van der Waals surface area contributed by atoms with E-state index in [2.05, 4.69) is 10.3 Å². The molecule has 7 heteroatoms. The van der Waals surface area contributed by atoms with Crippen LogP contribution >= 0.6 is 22.9 Å². The number of fused-ring (bicyclic) bond motifs is 1. The van der Waals surface area contributed by atoms with Gasteiger partial charge in [0.15, 0.2) is 0 Å². The SMILES string of the molecule is CC(C)Oc1ncc(C(=O)NCCCc2nc3c(s2)CCCC3)cc1Cl. The van der Waals surface area contributed by atoms with Crippen molar-refractivity contribution in [1.82, 2.24) is 15.3 Å². The molecule has 5 nitrogen and oxygen atoms in total. The molecule has 26 heavy (non-hydrogen) atoms. The molecule has 0 aromatic carbocycles. The van der Waals surface area contributed by atoms with Crippen LogP contribution in [0.1, 0.15) is 59.0 Å². The quantitative estimate of drug-likeness (QED) is 0.715. The number of halogens is 1. The number of aromatic nitrogens is 2. The molecule has 140 valence electrons. The van der Waals surface area contributed by atoms with Crippen molar-refractivity contribution in [2.75, 3.05) is 6.54 Å². The summed E-state index contributed by atoms with van der Waals surface area (Å²) < 4.78 is 5.48. The maximum absolute atomic E-state index is 12.2. The highest BCUT2D eigenvalue weighted by molar-refractivity contribution is 7.11. The summed E-state index contributed by atoms with van der Waals surface area (Å²) in [5, 5.41) is 4.45. The van der Waals surface area contributed by atoms with Crippen LogP contribution in [0.3, 0.4) is 0 Å². The first-order valence-corrected chi connectivity index (χ1v) is 10.3. The molecule has 0 radical (unpaired) electrons. The van der Waals surface area contributed by atoms with Crippen LogP contribution in [0.25, 0.3) is 0 Å². The Morgan fingerprint density at radius 3 is 2.92 bits per heavy atom. The van der Waals surface area contributed by atoms with E-state index in [1.165, 1.54) is 41.0 Å². The van der Waals surface area contributed by atoms with Crippen molar-refractivity contribution < 1.29 is 9.53 Å². The predicted octanol–water partition coefficient (Wildman–Crippen LogP) is 4.22. The maximum Gasteiger partial charge on any atom is 0.252 e. The van der Waals surface area contributed by atoms with E-state index in [9.17, 15) is 4.79 Å². The first-order valence-electron chi connectivity index (χ1n) is 9.11. The van der Waals surface area contributed by atoms with Gasteiger partial charge in [0.05, 0.1) is 22.4 Å². The molecule has 2 aromatic rings. The molecular formula is C19H24ClN3O2S. The Labute approximate surface area is 163 Å². The van der Waals surface area contributed by atoms with Crippen LogP contribution in [0, 0.1) is 0 Å². The fourth-order valence-electron chi connectivity index (χ4n) is 2.92. The molecule has 0 saturated carbocycles. The number of thiazole rings is 1. The van der Waals surface area contributed by atoms with Crippen molar-refractivity contribution in [3.63, 3.8) is 0 Å². The molecule has 0 spiro atoms. The highest BCUT2D eigenvalue weighted by atomic mass is 35.5. The minimum absolute atomic E-state index is 0.0174. The van der Waals surface area contributed by atoms with E-state index in [1.807, 2.05) is 25.2 Å². The Kier molecular flexibility index (Phi) is 6.48. The molecule has 1 aliphatic rings. The molecule has 0 atom stereocenters. The Balaban J connectivity index is 1.46. The zero-order valence-electron chi connectivity index (χ0n) is 15.2. The van der Waals surface area contributed by atoms with Crippen LogP contribution in [0.4, 0.5) is 0 Å². The number of nitrogens with one attached hydrogen (secondary N) is 1. The lowest BCUT2D eigenvalue weighted by Gasteiger charge is -2.11. The Morgan fingerprint density at radius 1 is 1.38 bits per heavy atom. The summed E-state index contributed by atoms with van der Waals surface area (Å²) in [5.41, 5.74) is 1.74. The molecule has 1 amide bonds. The zero-order chi connectivity index (χ0) is 18.5. The molecule has 0 aliphatic heterocycles. The second-order valence-electron chi connectivity index (χ2n) is 6.72. The van der Waals surface area contributed by atoms with Crippen LogP contribution in [0.15, 0.2) is 12.3 Å². The minimum atomic E-state index is -0.172. The van der Waals surface area contributed by atoms with Crippen molar-refractivity contribution in [2.24, 2.45) is 0 Å². The standard InChI is InChI=1S/C19H24ClN3O2S/c1-12(2)25-19-14(20)10-13(11-22-19)18(24)21-9-5-8-17-23-15-6-3-4-7-16(15)26-17/h10-12H,3-9H2,1-2H3,(H,21,24). The lowest BCUT2D eigenvalue weighted by molar-refractivity contribution is 0.0952. The van der Waals surface area contributed by atoms with Gasteiger partial charge >= 0.3 is 0 Å². The summed E-state index contributed by atoms with van der Waals surface area (Å²) >= 11 is 7.97. The predicted molar refractivity (Wildman–Crippen MR) is 104 cm³/mol. The van der Waals surface area contributed by atoms with Crippen LogP contribution in [-0.4, -0.2) is 28.5 Å². The van der Waals surface area contributed by atoms with E-state index in [-0.39, 0.29) is 12.0 Å². The molecule has 1 aliphatic carbocycles. The van der Waals surface area contributed by atoms with Gasteiger partial charge in [0.1, 0.15) is 5.02 Å². The van der Waals surface area contributed by atoms with Gasteiger partial charge in [-0.15, -0.1) is 11.3 Å². The lowest BCUT2D eigenvalue weighted by Crippen LogP contribution is -2.25. The third-order valence-corrected chi connectivity index (χ3v) is 5.65. The third kappa shape index (κ3) is 4.95. The number of carbonyl (C=O) groups excluding carboxylic acids is 1. The number of hydrogen-bond acceptors (Lipinski definition) is 5. The number of hydrogen-bond donors (Lipinski definition) is 1. The highest BCUT2D eigenvalue weighted by Gasteiger charge is 2.15. The Bertz CT molecular complexity index is 753. The number of rotatable bonds is 7. The topological polar surface area (TPSA) is 64.1 Å². The lowest BCUT2D eigenvalue weighted by atomic mass is 10.0. The van der Waals surface area contributed by atoms with Gasteiger partial charge in [-0.3, -0.25) is 4.79 Å². The number of carbonyl (C=O) groups is 1. The Hall–Kier alpha value is -1.66. The zero-order valence-corrected chi connectivity index (χ0v) is 16.8. The number of nitrogens with zero attached hydrogens (tertiary/aromatic N) is 2. The normalized spacial score (nSPS) is 13.5. The van der Waals surface area contributed by atoms with Crippen molar-refractivity contribution in [1.29, 1.82) is 0 Å². The number of amides is 1. The second kappa shape index (κ2) is 8.82. The molecule has 1 N–H and O–H groups in total. The Morgan fingerprint density at radius 2 is 2.19 bits per heavy atom. The van der Waals surface area contributed by atoms with E-state index in [4.69, 9.17) is 21.3 Å². The number of aryl methyl sites for hydroxylation is 3. The van der Waals surface area contributed by atoms with Crippen LogP contribution < -0.4 is 10.1 Å². The first kappa shape index (κ1) is 19.1. The smallest absolute Gasteiger partial charge is 0.252 e. The van der Waals surface area contributed by atoms with E-state index < -0.39 is 0 Å². The third-order valence-electron chi connectivity index (χ3n) is 4.16. The summed E-state index contributed by atoms with van der Waals surface area (Å²) in [7, 11) is 0. The molecule has 2 aromatic heterocycles. The fourth-order valence-corrected chi connectivity index (χ4v) is 4.32. The largest absolute Gasteiger partial charge is 0.474 e. The van der Waals surface area contributed by atoms with E-state index >= 15 is 0 Å². The highest BCUT2D eigenvalue weighted by Crippen LogP contribution is 2.27. The van der Waals surface area contributed by atoms with Crippen molar-refractivity contribution in [3.05, 3.63) is 38.4 Å². The molecular weight excluding hydrogens is 370 g/mol. The fraction of sp³-hybridized carbons (Fsp3) is 0.526. The van der Waals surface area contributed by atoms with Gasteiger partial charge in [0, 0.05) is 24.0 Å². The van der Waals surface area contributed by atoms with Gasteiger partial charge in [-0.25, -0.2) is 9.97 Å². The monoisotopic (exact) mass is 393 g/mol. The molecule has 0 bridgehead atoms. The molecule has 2 heterocycles. The van der Waals surface area contributed by atoms with E-state index in [0.717, 1.165) is 19.3 Å². The van der Waals surface area contributed by atoms with Gasteiger partial charge in [-0.05, 0) is 52.0 Å². The van der Waals surface area contributed by atoms with E-state index in [0.29, 0.717) is 23.0 Å². The average molecular weight is 394 g/mol. The molecule has 3 rings (SSSR count). The maximum atomic E-state index is 12.2. The molecule has 0 fully saturated rings. The summed E-state index contributed by atoms with van der Waals surface area (Å²) in [6, 6.07) is 1.59. The van der Waals surface area contributed by atoms with Gasteiger partial charge < -0.3 is 10.1 Å². The van der Waals surface area contributed by atoms with Crippen molar-refractivity contribution >= 4 is 28.8 Å². The summed E-state index contributed by atoms with van der Waals surface area (Å²) in [6.45, 7) is 4.40. The van der Waals surface area contributed by atoms with Gasteiger partial charge in [0.2, 0.25) is 5.88 Å². The first-order chi connectivity index (χ1) is 12.5. The van der Waals surface area contributed by atoms with Crippen molar-refractivity contribution in [2.45, 2.75) is 58.5 Å². The summed E-state index contributed by atoms with van der Waals surface area (Å²) in [4.78, 5) is 22.6. The van der Waals surface area contributed by atoms with Crippen LogP contribution in [-0.2, 0) is 19.3 Å². The van der Waals surface area contributed by atoms with Gasteiger partial charge in [-0.1, -0.05) is 11.6 Å². The number of ether oxygens (including phenoxy) is 1. The average Bonchev–Trinajstić information content (AvgIpc) is 3.02. The van der Waals surface area contributed by atoms with Gasteiger partial charge in [0.25, 0.3) is 5.91 Å². The van der Waals surface area contributed by atoms with Crippen LogP contribution in [0.5, 0.6) is 5.88 Å². The second-order valence-corrected chi connectivity index (χ2v) is 8.30.